The van der Waals surface area contributed by atoms with E-state index in [1.54, 1.807) is 6.07 Å². The van der Waals surface area contributed by atoms with Crippen LogP contribution in [0.3, 0.4) is 0 Å². The highest BCUT2D eigenvalue weighted by molar-refractivity contribution is 6.42. The lowest BCUT2D eigenvalue weighted by Crippen LogP contribution is -2.51. The van der Waals surface area contributed by atoms with E-state index in [1.165, 1.54) is 4.90 Å². The monoisotopic (exact) mass is 329 g/mol. The molecule has 7 heteroatoms. The van der Waals surface area contributed by atoms with E-state index >= 15 is 0 Å². The van der Waals surface area contributed by atoms with Crippen LogP contribution in [0.2, 0.25) is 10.0 Å². The fourth-order valence-electron chi connectivity index (χ4n) is 3.14. The molecule has 1 aromatic carbocycles. The second-order valence-electron chi connectivity index (χ2n) is 5.58. The van der Waals surface area contributed by atoms with Crippen LogP contribution in [0.15, 0.2) is 18.2 Å². The molecule has 2 unspecified atom stereocenters. The van der Waals surface area contributed by atoms with Gasteiger partial charge >= 0.3 is 6.09 Å². The fourth-order valence-corrected chi connectivity index (χ4v) is 3.44. The van der Waals surface area contributed by atoms with Crippen LogP contribution in [0.1, 0.15) is 6.42 Å². The number of hydrogen-bond donors (Lipinski definition) is 2. The Morgan fingerprint density at radius 2 is 2.05 bits per heavy atom. The van der Waals surface area contributed by atoms with Gasteiger partial charge in [0.1, 0.15) is 0 Å². The second kappa shape index (κ2) is 5.91. The molecule has 0 radical (unpaired) electrons. The number of amides is 1. The number of benzene rings is 1. The van der Waals surface area contributed by atoms with E-state index in [0.717, 1.165) is 25.2 Å². The van der Waals surface area contributed by atoms with Crippen molar-refractivity contribution in [2.75, 3.05) is 31.5 Å². The summed E-state index contributed by atoms with van der Waals surface area (Å²) in [6, 6.07) is 6.12. The van der Waals surface area contributed by atoms with Crippen LogP contribution < -0.4 is 5.32 Å². The van der Waals surface area contributed by atoms with Crippen LogP contribution in [-0.2, 0) is 0 Å². The molecule has 2 aliphatic rings. The van der Waals surface area contributed by atoms with E-state index in [1.807, 2.05) is 12.1 Å². The van der Waals surface area contributed by atoms with E-state index in [-0.39, 0.29) is 0 Å². The van der Waals surface area contributed by atoms with Crippen molar-refractivity contribution < 1.29 is 9.90 Å². The van der Waals surface area contributed by atoms with Gasteiger partial charge in [-0.25, -0.2) is 4.79 Å². The van der Waals surface area contributed by atoms with Crippen molar-refractivity contribution in [3.63, 3.8) is 0 Å². The molecule has 2 N–H and O–H groups in total. The molecule has 2 heterocycles. The number of anilines is 1. The van der Waals surface area contributed by atoms with E-state index in [9.17, 15) is 4.79 Å². The largest absolute Gasteiger partial charge is 0.465 e. The summed E-state index contributed by atoms with van der Waals surface area (Å²) in [5.74, 6) is 0. The molecule has 21 heavy (non-hydrogen) atoms. The lowest BCUT2D eigenvalue weighted by molar-refractivity contribution is 0.0889. The van der Waals surface area contributed by atoms with E-state index in [0.29, 0.717) is 35.2 Å². The Labute approximate surface area is 133 Å². The Morgan fingerprint density at radius 3 is 2.76 bits per heavy atom. The third-order valence-corrected chi connectivity index (χ3v) is 4.92. The molecular weight excluding hydrogens is 313 g/mol. The standard InChI is InChI=1S/C14H17Cl2N3O2/c15-12-2-1-9(6-13(12)16)17-10-5-11-8-19(14(20)21)4-3-18(11)7-10/h1-2,6,10-11,17H,3-5,7-8H2,(H,20,21). The SMILES string of the molecule is O=C(O)N1CCN2CC(Nc3ccc(Cl)c(Cl)c3)CC2C1. The van der Waals surface area contributed by atoms with Gasteiger partial charge in [0.05, 0.1) is 10.0 Å². The zero-order valence-corrected chi connectivity index (χ0v) is 12.9. The smallest absolute Gasteiger partial charge is 0.407 e. The Kier molecular flexibility index (Phi) is 4.15. The molecule has 0 spiro atoms. The maximum Gasteiger partial charge on any atom is 0.407 e. The Hall–Kier alpha value is -1.17. The summed E-state index contributed by atoms with van der Waals surface area (Å²) in [4.78, 5) is 14.9. The number of halogens is 2. The van der Waals surface area contributed by atoms with Crippen molar-refractivity contribution >= 4 is 35.0 Å². The highest BCUT2D eigenvalue weighted by Crippen LogP contribution is 2.28. The number of fused-ring (bicyclic) bond motifs is 1. The predicted octanol–water partition coefficient (Wildman–Crippen LogP) is 2.84. The molecule has 5 nitrogen and oxygen atoms in total. The first kappa shape index (κ1) is 14.8. The van der Waals surface area contributed by atoms with Crippen molar-refractivity contribution in [3.8, 4) is 0 Å². The maximum absolute atomic E-state index is 11.0. The molecule has 0 aromatic heterocycles. The molecule has 114 valence electrons. The summed E-state index contributed by atoms with van der Waals surface area (Å²) < 4.78 is 0. The minimum absolute atomic E-state index is 0.301. The third kappa shape index (κ3) is 3.20. The van der Waals surface area contributed by atoms with Gasteiger partial charge in [-0.1, -0.05) is 23.2 Å². The molecule has 0 bridgehead atoms. The predicted molar refractivity (Wildman–Crippen MR) is 83.4 cm³/mol. The number of rotatable bonds is 2. The highest BCUT2D eigenvalue weighted by Gasteiger charge is 2.37. The van der Waals surface area contributed by atoms with Crippen LogP contribution in [0, 0.1) is 0 Å². The van der Waals surface area contributed by atoms with Gasteiger partial charge in [-0.15, -0.1) is 0 Å². The summed E-state index contributed by atoms with van der Waals surface area (Å²) in [5.41, 5.74) is 0.948. The number of carbonyl (C=O) groups is 1. The van der Waals surface area contributed by atoms with Crippen molar-refractivity contribution in [2.45, 2.75) is 18.5 Å². The van der Waals surface area contributed by atoms with Crippen LogP contribution in [0.5, 0.6) is 0 Å². The van der Waals surface area contributed by atoms with Crippen molar-refractivity contribution in [1.29, 1.82) is 0 Å². The van der Waals surface area contributed by atoms with Crippen molar-refractivity contribution in [1.82, 2.24) is 9.80 Å². The first-order valence-corrected chi connectivity index (χ1v) is 7.72. The first-order chi connectivity index (χ1) is 10.0. The summed E-state index contributed by atoms with van der Waals surface area (Å²) >= 11 is 11.9. The van der Waals surface area contributed by atoms with Crippen LogP contribution >= 0.6 is 23.2 Å². The van der Waals surface area contributed by atoms with Gasteiger partial charge < -0.3 is 15.3 Å². The van der Waals surface area contributed by atoms with Crippen molar-refractivity contribution in [2.24, 2.45) is 0 Å². The zero-order valence-electron chi connectivity index (χ0n) is 11.4. The fraction of sp³-hybridized carbons (Fsp3) is 0.500. The van der Waals surface area contributed by atoms with Gasteiger partial charge in [-0.2, -0.15) is 0 Å². The number of nitrogens with one attached hydrogen (secondary N) is 1. The molecule has 2 aliphatic heterocycles. The number of piperazine rings is 1. The molecule has 2 atom stereocenters. The summed E-state index contributed by atoms with van der Waals surface area (Å²) in [6.45, 7) is 2.91. The van der Waals surface area contributed by atoms with Crippen LogP contribution in [0.25, 0.3) is 0 Å². The molecule has 1 amide bonds. The minimum Gasteiger partial charge on any atom is -0.465 e. The quantitative estimate of drug-likeness (QED) is 0.876. The lowest BCUT2D eigenvalue weighted by Gasteiger charge is -2.35. The molecule has 0 aliphatic carbocycles. The molecule has 2 fully saturated rings. The normalized spacial score (nSPS) is 25.7. The van der Waals surface area contributed by atoms with Gasteiger partial charge in [0.15, 0.2) is 0 Å². The summed E-state index contributed by atoms with van der Waals surface area (Å²) in [6.07, 6.45) is 0.111. The second-order valence-corrected chi connectivity index (χ2v) is 6.40. The lowest BCUT2D eigenvalue weighted by atomic mass is 10.1. The van der Waals surface area contributed by atoms with Crippen molar-refractivity contribution in [3.05, 3.63) is 28.2 Å². The molecular formula is C14H17Cl2N3O2. The van der Waals surface area contributed by atoms with Gasteiger partial charge in [-0.3, -0.25) is 4.90 Å². The molecule has 0 saturated carbocycles. The third-order valence-electron chi connectivity index (χ3n) is 4.18. The Balaban J connectivity index is 1.62. The van der Waals surface area contributed by atoms with Crippen LogP contribution in [0.4, 0.5) is 10.5 Å². The van der Waals surface area contributed by atoms with E-state index in [4.69, 9.17) is 28.3 Å². The maximum atomic E-state index is 11.0. The zero-order chi connectivity index (χ0) is 15.0. The highest BCUT2D eigenvalue weighted by atomic mass is 35.5. The van der Waals surface area contributed by atoms with E-state index < -0.39 is 6.09 Å². The number of nitrogens with zero attached hydrogens (tertiary/aromatic N) is 2. The van der Waals surface area contributed by atoms with Gasteiger partial charge in [0.2, 0.25) is 0 Å². The van der Waals surface area contributed by atoms with Crippen LogP contribution in [-0.4, -0.2) is 59.3 Å². The van der Waals surface area contributed by atoms with Gasteiger partial charge in [0, 0.05) is 44.0 Å². The number of carboxylic acid groups (broad SMARTS) is 1. The van der Waals surface area contributed by atoms with E-state index in [2.05, 4.69) is 10.2 Å². The van der Waals surface area contributed by atoms with Gasteiger partial charge in [-0.05, 0) is 24.6 Å². The summed E-state index contributed by atoms with van der Waals surface area (Å²) in [5, 5.41) is 13.6. The van der Waals surface area contributed by atoms with Gasteiger partial charge in [0.25, 0.3) is 0 Å². The Bertz CT molecular complexity index is 555. The minimum atomic E-state index is -0.824. The molecule has 3 rings (SSSR count). The number of hydrogen-bond acceptors (Lipinski definition) is 3. The Morgan fingerprint density at radius 1 is 1.24 bits per heavy atom. The molecule has 1 aromatic rings. The first-order valence-electron chi connectivity index (χ1n) is 6.96. The average molecular weight is 330 g/mol. The summed E-state index contributed by atoms with van der Waals surface area (Å²) in [7, 11) is 0. The molecule has 2 saturated heterocycles. The average Bonchev–Trinajstić information content (AvgIpc) is 2.84. The topological polar surface area (TPSA) is 55.8 Å².